The van der Waals surface area contributed by atoms with E-state index in [-0.39, 0.29) is 18.7 Å². The molecular formula is C27H38N6O4. The maximum Gasteiger partial charge on any atom is 0.320 e. The molecule has 1 aromatic heterocycles. The number of aliphatic hydroxyl groups excluding tert-OH is 1. The lowest BCUT2D eigenvalue weighted by molar-refractivity contribution is -0.0862. The maximum absolute atomic E-state index is 9.54. The van der Waals surface area contributed by atoms with Crippen LogP contribution in [0.2, 0.25) is 0 Å². The average Bonchev–Trinajstić information content (AvgIpc) is 2.89. The highest BCUT2D eigenvalue weighted by Gasteiger charge is 2.35. The molecule has 0 radical (unpaired) electrons. The van der Waals surface area contributed by atoms with E-state index in [4.69, 9.17) is 19.6 Å². The normalized spacial score (nSPS) is 25.0. The van der Waals surface area contributed by atoms with Gasteiger partial charge in [-0.15, -0.1) is 0 Å². The van der Waals surface area contributed by atoms with Crippen molar-refractivity contribution in [2.24, 2.45) is 0 Å². The van der Waals surface area contributed by atoms with Gasteiger partial charge in [0.2, 0.25) is 0 Å². The van der Waals surface area contributed by atoms with Crippen molar-refractivity contribution in [3.05, 3.63) is 34.9 Å². The molecule has 200 valence electrons. The van der Waals surface area contributed by atoms with E-state index in [9.17, 15) is 5.11 Å². The van der Waals surface area contributed by atoms with E-state index in [1.165, 1.54) is 17.3 Å². The second-order valence-corrected chi connectivity index (χ2v) is 10.3. The molecule has 0 saturated carbocycles. The van der Waals surface area contributed by atoms with Gasteiger partial charge in [0.15, 0.2) is 0 Å². The van der Waals surface area contributed by atoms with Gasteiger partial charge < -0.3 is 34.9 Å². The molecule has 10 nitrogen and oxygen atoms in total. The Morgan fingerprint density at radius 1 is 1.24 bits per heavy atom. The molecule has 3 atom stereocenters. The number of benzene rings is 1. The number of morpholine rings is 1. The first-order valence-electron chi connectivity index (χ1n) is 13.1. The SMILES string of the molecule is COc1nc(Nc2cc(C3CCN(C4COC4)C(C)C3)c(C)cc2C=N)cc(N2CCO[C@H](CO)C2)n1. The molecule has 3 fully saturated rings. The number of likely N-dealkylation sites (tertiary alicyclic amines) is 1. The van der Waals surface area contributed by atoms with Gasteiger partial charge in [0.05, 0.1) is 45.7 Å². The summed E-state index contributed by atoms with van der Waals surface area (Å²) in [5.41, 5.74) is 4.19. The first-order chi connectivity index (χ1) is 18.0. The van der Waals surface area contributed by atoms with E-state index in [0.717, 1.165) is 43.9 Å². The second kappa shape index (κ2) is 11.3. The number of hydrogen-bond acceptors (Lipinski definition) is 10. The number of piperidine rings is 1. The number of aromatic nitrogens is 2. The number of methoxy groups -OCH3 is 1. The third-order valence-corrected chi connectivity index (χ3v) is 7.85. The number of aliphatic hydroxyl groups is 1. The zero-order valence-corrected chi connectivity index (χ0v) is 21.9. The Labute approximate surface area is 218 Å². The summed E-state index contributed by atoms with van der Waals surface area (Å²) in [6.45, 7) is 8.94. The Bertz CT molecular complexity index is 1110. The van der Waals surface area contributed by atoms with Crippen molar-refractivity contribution in [2.75, 3.05) is 63.4 Å². The number of rotatable bonds is 8. The van der Waals surface area contributed by atoms with Crippen LogP contribution in [0.1, 0.15) is 42.4 Å². The molecular weight excluding hydrogens is 472 g/mol. The van der Waals surface area contributed by atoms with E-state index >= 15 is 0 Å². The molecule has 2 aromatic rings. The predicted octanol–water partition coefficient (Wildman–Crippen LogP) is 2.70. The summed E-state index contributed by atoms with van der Waals surface area (Å²) in [7, 11) is 1.55. The Kier molecular flexibility index (Phi) is 7.89. The molecule has 10 heteroatoms. The smallest absolute Gasteiger partial charge is 0.320 e. The maximum atomic E-state index is 9.54. The van der Waals surface area contributed by atoms with Gasteiger partial charge in [-0.25, -0.2) is 0 Å². The number of aryl methyl sites for hydroxylation is 1. The molecule has 1 aromatic carbocycles. The minimum atomic E-state index is -0.249. The van der Waals surface area contributed by atoms with Gasteiger partial charge in [-0.05, 0) is 62.4 Å². The summed E-state index contributed by atoms with van der Waals surface area (Å²) < 4.78 is 16.4. The largest absolute Gasteiger partial charge is 0.467 e. The summed E-state index contributed by atoms with van der Waals surface area (Å²) in [5.74, 6) is 1.77. The molecule has 0 spiro atoms. The molecule has 0 bridgehead atoms. The van der Waals surface area contributed by atoms with Gasteiger partial charge in [-0.2, -0.15) is 9.97 Å². The lowest BCUT2D eigenvalue weighted by Gasteiger charge is -2.46. The molecule has 0 amide bonds. The van der Waals surface area contributed by atoms with Gasteiger partial charge in [-0.3, -0.25) is 4.90 Å². The van der Waals surface area contributed by atoms with Crippen LogP contribution < -0.4 is 15.0 Å². The van der Waals surface area contributed by atoms with Crippen molar-refractivity contribution < 1.29 is 19.3 Å². The molecule has 2 unspecified atom stereocenters. The number of hydrogen-bond donors (Lipinski definition) is 3. The van der Waals surface area contributed by atoms with Gasteiger partial charge in [-0.1, -0.05) is 0 Å². The minimum Gasteiger partial charge on any atom is -0.467 e. The number of anilines is 3. The number of ether oxygens (including phenoxy) is 3. The first-order valence-corrected chi connectivity index (χ1v) is 13.1. The predicted molar refractivity (Wildman–Crippen MR) is 143 cm³/mol. The van der Waals surface area contributed by atoms with Crippen LogP contribution in [0.4, 0.5) is 17.3 Å². The van der Waals surface area contributed by atoms with Crippen molar-refractivity contribution in [1.82, 2.24) is 14.9 Å². The van der Waals surface area contributed by atoms with Crippen LogP contribution >= 0.6 is 0 Å². The lowest BCUT2D eigenvalue weighted by atomic mass is 9.82. The van der Waals surface area contributed by atoms with Crippen molar-refractivity contribution in [3.63, 3.8) is 0 Å². The third kappa shape index (κ3) is 5.57. The Balaban J connectivity index is 1.39. The molecule has 4 heterocycles. The van der Waals surface area contributed by atoms with Crippen LogP contribution in [-0.2, 0) is 9.47 Å². The second-order valence-electron chi connectivity index (χ2n) is 10.3. The first kappa shape index (κ1) is 25.8. The van der Waals surface area contributed by atoms with Crippen LogP contribution in [0, 0.1) is 12.3 Å². The van der Waals surface area contributed by atoms with E-state index in [1.54, 1.807) is 7.11 Å². The van der Waals surface area contributed by atoms with Crippen LogP contribution in [0.25, 0.3) is 0 Å². The van der Waals surface area contributed by atoms with Crippen LogP contribution in [0.3, 0.4) is 0 Å². The van der Waals surface area contributed by atoms with Crippen LogP contribution in [0.5, 0.6) is 6.01 Å². The van der Waals surface area contributed by atoms with Gasteiger partial charge in [0.1, 0.15) is 11.6 Å². The minimum absolute atomic E-state index is 0.0371. The van der Waals surface area contributed by atoms with Crippen molar-refractivity contribution in [3.8, 4) is 6.01 Å². The zero-order chi connectivity index (χ0) is 25.9. The standard InChI is InChI=1S/C27H38N6O4/c1-17-8-20(12-28)24(10-23(17)19-4-5-33(18(2)9-19)21-15-36-16-21)29-25-11-26(31-27(30-25)35-3)32-6-7-37-22(13-32)14-34/h8,10-12,18-19,21-22,28,34H,4-7,9,13-16H2,1-3H3,(H,29,30,31)/t18?,19?,22-/m0/s1. The molecule has 3 aliphatic heterocycles. The summed E-state index contributed by atoms with van der Waals surface area (Å²) in [4.78, 5) is 13.7. The zero-order valence-electron chi connectivity index (χ0n) is 21.9. The Hall–Kier alpha value is -2.79. The van der Waals surface area contributed by atoms with Gasteiger partial charge >= 0.3 is 6.01 Å². The molecule has 3 N–H and O–H groups in total. The van der Waals surface area contributed by atoms with Gasteiger partial charge in [0.25, 0.3) is 0 Å². The molecule has 37 heavy (non-hydrogen) atoms. The topological polar surface area (TPSA) is 116 Å². The molecule has 3 saturated heterocycles. The van der Waals surface area contributed by atoms with Crippen molar-refractivity contribution in [2.45, 2.75) is 50.8 Å². The van der Waals surface area contributed by atoms with Crippen LogP contribution in [0.15, 0.2) is 18.2 Å². The fraction of sp³-hybridized carbons (Fsp3) is 0.593. The van der Waals surface area contributed by atoms with Gasteiger partial charge in [0, 0.05) is 42.7 Å². The highest BCUT2D eigenvalue weighted by atomic mass is 16.5. The summed E-state index contributed by atoms with van der Waals surface area (Å²) >= 11 is 0. The fourth-order valence-electron chi connectivity index (χ4n) is 5.75. The van der Waals surface area contributed by atoms with E-state index in [0.29, 0.717) is 49.3 Å². The van der Waals surface area contributed by atoms with E-state index in [2.05, 4.69) is 51.1 Å². The monoisotopic (exact) mass is 510 g/mol. The fourth-order valence-corrected chi connectivity index (χ4v) is 5.75. The number of nitrogens with one attached hydrogen (secondary N) is 2. The van der Waals surface area contributed by atoms with E-state index in [1.807, 2.05) is 6.07 Å². The Morgan fingerprint density at radius 2 is 2.08 bits per heavy atom. The lowest BCUT2D eigenvalue weighted by Crippen LogP contribution is -2.55. The molecule has 5 rings (SSSR count). The van der Waals surface area contributed by atoms with Crippen molar-refractivity contribution in [1.29, 1.82) is 5.41 Å². The highest BCUT2D eigenvalue weighted by molar-refractivity contribution is 5.88. The third-order valence-electron chi connectivity index (χ3n) is 7.85. The Morgan fingerprint density at radius 3 is 2.76 bits per heavy atom. The van der Waals surface area contributed by atoms with Crippen molar-refractivity contribution >= 4 is 23.5 Å². The summed E-state index contributed by atoms with van der Waals surface area (Å²) in [6.07, 6.45) is 3.35. The number of nitrogens with zero attached hydrogens (tertiary/aromatic N) is 4. The molecule has 3 aliphatic rings. The molecule has 0 aliphatic carbocycles. The van der Waals surface area contributed by atoms with Crippen LogP contribution in [-0.4, -0.2) is 97.5 Å². The summed E-state index contributed by atoms with van der Waals surface area (Å²) in [5, 5.41) is 21.0. The average molecular weight is 511 g/mol. The quantitative estimate of drug-likeness (QED) is 0.461. The summed E-state index contributed by atoms with van der Waals surface area (Å²) in [6, 6.07) is 7.51. The van der Waals surface area contributed by atoms with E-state index < -0.39 is 0 Å². The highest BCUT2D eigenvalue weighted by Crippen LogP contribution is 2.37.